The van der Waals surface area contributed by atoms with E-state index in [0.717, 1.165) is 46.6 Å². The van der Waals surface area contributed by atoms with Gasteiger partial charge in [0.05, 0.1) is 19.0 Å². The van der Waals surface area contributed by atoms with Gasteiger partial charge in [-0.3, -0.25) is 0 Å². The predicted molar refractivity (Wildman–Crippen MR) is 109 cm³/mol. The second-order valence-electron chi connectivity index (χ2n) is 6.92. The lowest BCUT2D eigenvalue weighted by Gasteiger charge is -2.16. The molecule has 1 fully saturated rings. The lowest BCUT2D eigenvalue weighted by Crippen LogP contribution is -2.19. The number of methoxy groups -OCH3 is 1. The second kappa shape index (κ2) is 6.91. The van der Waals surface area contributed by atoms with Crippen LogP contribution in [0.25, 0.3) is 16.2 Å². The molecule has 0 spiro atoms. The smallest absolute Gasteiger partial charge is 0.214 e. The fraction of sp³-hybridized carbons (Fsp3) is 0.238. The third-order valence-corrected chi connectivity index (χ3v) is 6.19. The number of ether oxygens (including phenoxy) is 1. The van der Waals surface area contributed by atoms with Crippen molar-refractivity contribution in [3.05, 3.63) is 66.1 Å². The Morgan fingerprint density at radius 1 is 1.14 bits per heavy atom. The first-order valence-electron chi connectivity index (χ1n) is 9.21. The molecule has 0 aliphatic carbocycles. The summed E-state index contributed by atoms with van der Waals surface area (Å²) in [6.45, 7) is 1.88. The van der Waals surface area contributed by atoms with E-state index in [1.54, 1.807) is 30.6 Å². The third-order valence-electron chi connectivity index (χ3n) is 5.21. The van der Waals surface area contributed by atoms with Crippen LogP contribution < -0.4 is 9.64 Å². The summed E-state index contributed by atoms with van der Waals surface area (Å²) >= 11 is 1.58. The van der Waals surface area contributed by atoms with E-state index >= 15 is 0 Å². The average molecular weight is 394 g/mol. The van der Waals surface area contributed by atoms with Crippen molar-refractivity contribution in [1.82, 2.24) is 14.6 Å². The van der Waals surface area contributed by atoms with Crippen molar-refractivity contribution in [3.8, 4) is 17.0 Å². The van der Waals surface area contributed by atoms with Gasteiger partial charge in [0.1, 0.15) is 11.6 Å². The molecule has 1 atom stereocenters. The van der Waals surface area contributed by atoms with Crippen LogP contribution in [0.3, 0.4) is 0 Å². The molecule has 5 rings (SSSR count). The highest BCUT2D eigenvalue weighted by molar-refractivity contribution is 7.20. The van der Waals surface area contributed by atoms with Crippen molar-refractivity contribution >= 4 is 21.4 Å². The Kier molecular flexibility index (Phi) is 4.24. The van der Waals surface area contributed by atoms with Gasteiger partial charge >= 0.3 is 0 Å². The van der Waals surface area contributed by atoms with Gasteiger partial charge in [-0.05, 0) is 42.3 Å². The molecule has 0 amide bonds. The second-order valence-corrected chi connectivity index (χ2v) is 7.85. The van der Waals surface area contributed by atoms with Crippen LogP contribution in [0.15, 0.2) is 54.7 Å². The zero-order valence-electron chi connectivity index (χ0n) is 15.4. The van der Waals surface area contributed by atoms with E-state index in [1.165, 1.54) is 17.7 Å². The Labute approximate surface area is 166 Å². The lowest BCUT2D eigenvalue weighted by atomic mass is 9.97. The predicted octanol–water partition coefficient (Wildman–Crippen LogP) is 4.60. The quantitative estimate of drug-likeness (QED) is 0.507. The molecule has 2 aromatic heterocycles. The maximum absolute atomic E-state index is 13.1. The molecule has 3 heterocycles. The number of para-hydroxylation sites is 1. The molecule has 1 unspecified atom stereocenters. The Balaban J connectivity index is 1.37. The van der Waals surface area contributed by atoms with E-state index in [2.05, 4.69) is 22.0 Å². The van der Waals surface area contributed by atoms with Crippen LogP contribution in [0.4, 0.5) is 9.52 Å². The first kappa shape index (κ1) is 17.2. The normalized spacial score (nSPS) is 16.8. The number of imidazole rings is 1. The summed E-state index contributed by atoms with van der Waals surface area (Å²) in [5, 5.41) is 5.70. The van der Waals surface area contributed by atoms with E-state index in [1.807, 2.05) is 22.8 Å². The van der Waals surface area contributed by atoms with Crippen LogP contribution >= 0.6 is 11.3 Å². The van der Waals surface area contributed by atoms with Crippen molar-refractivity contribution in [1.29, 1.82) is 0 Å². The molecule has 0 bridgehead atoms. The van der Waals surface area contributed by atoms with Crippen molar-refractivity contribution < 1.29 is 9.13 Å². The van der Waals surface area contributed by atoms with Gasteiger partial charge in [-0.25, -0.2) is 13.9 Å². The maximum atomic E-state index is 13.1. The first-order chi connectivity index (χ1) is 13.7. The summed E-state index contributed by atoms with van der Waals surface area (Å²) in [7, 11) is 1.72. The minimum Gasteiger partial charge on any atom is -0.496 e. The number of benzene rings is 2. The van der Waals surface area contributed by atoms with Crippen molar-refractivity contribution in [2.24, 2.45) is 0 Å². The molecule has 5 nitrogen and oxygen atoms in total. The van der Waals surface area contributed by atoms with Crippen LogP contribution in [0.5, 0.6) is 5.75 Å². The number of nitrogens with zero attached hydrogens (tertiary/aromatic N) is 4. The van der Waals surface area contributed by atoms with Crippen LogP contribution in [0.2, 0.25) is 0 Å². The summed E-state index contributed by atoms with van der Waals surface area (Å²) in [4.78, 5) is 7.82. The molecule has 142 valence electrons. The maximum Gasteiger partial charge on any atom is 0.214 e. The molecule has 4 aromatic rings. The van der Waals surface area contributed by atoms with Gasteiger partial charge in [0, 0.05) is 24.6 Å². The molecule has 0 N–H and O–H groups in total. The van der Waals surface area contributed by atoms with Crippen molar-refractivity contribution in [2.45, 2.75) is 12.3 Å². The van der Waals surface area contributed by atoms with Crippen LogP contribution in [0.1, 0.15) is 17.9 Å². The largest absolute Gasteiger partial charge is 0.496 e. The van der Waals surface area contributed by atoms with Crippen molar-refractivity contribution in [2.75, 3.05) is 25.1 Å². The molecular formula is C21H19FN4OS. The number of aromatic nitrogens is 3. The minimum atomic E-state index is -0.246. The molecule has 7 heteroatoms. The summed E-state index contributed by atoms with van der Waals surface area (Å²) < 4.78 is 20.5. The van der Waals surface area contributed by atoms with Gasteiger partial charge in [-0.2, -0.15) is 0 Å². The van der Waals surface area contributed by atoms with E-state index < -0.39 is 0 Å². The Morgan fingerprint density at radius 3 is 2.75 bits per heavy atom. The van der Waals surface area contributed by atoms with E-state index in [-0.39, 0.29) is 5.82 Å². The molecule has 1 aliphatic rings. The van der Waals surface area contributed by atoms with Gasteiger partial charge in [0.25, 0.3) is 0 Å². The minimum absolute atomic E-state index is 0.246. The molecule has 0 saturated carbocycles. The summed E-state index contributed by atoms with van der Waals surface area (Å²) in [6, 6.07) is 14.6. The Hall–Kier alpha value is -2.93. The van der Waals surface area contributed by atoms with Gasteiger partial charge < -0.3 is 9.64 Å². The highest BCUT2D eigenvalue weighted by atomic mass is 32.1. The summed E-state index contributed by atoms with van der Waals surface area (Å²) in [5.74, 6) is 1.14. The summed E-state index contributed by atoms with van der Waals surface area (Å²) in [5.41, 5.74) is 2.95. The van der Waals surface area contributed by atoms with Gasteiger partial charge in [-0.15, -0.1) is 5.10 Å². The lowest BCUT2D eigenvalue weighted by molar-refractivity contribution is 0.406. The SMILES string of the molecule is COc1ccccc1C1CCN(c2nn3cc(-c4ccc(F)cc4)nc3s2)C1. The molecule has 0 radical (unpaired) electrons. The van der Waals surface area contributed by atoms with Crippen molar-refractivity contribution in [3.63, 3.8) is 0 Å². The number of anilines is 1. The van der Waals surface area contributed by atoms with Gasteiger partial charge in [-0.1, -0.05) is 29.5 Å². The van der Waals surface area contributed by atoms with Gasteiger partial charge in [0.15, 0.2) is 0 Å². The van der Waals surface area contributed by atoms with Crippen LogP contribution in [0, 0.1) is 5.82 Å². The fourth-order valence-corrected chi connectivity index (χ4v) is 4.69. The number of rotatable bonds is 4. The fourth-order valence-electron chi connectivity index (χ4n) is 3.77. The van der Waals surface area contributed by atoms with E-state index in [9.17, 15) is 4.39 Å². The summed E-state index contributed by atoms with van der Waals surface area (Å²) in [6.07, 6.45) is 2.97. The molecule has 28 heavy (non-hydrogen) atoms. The number of hydrogen-bond donors (Lipinski definition) is 0. The monoisotopic (exact) mass is 394 g/mol. The van der Waals surface area contributed by atoms with Gasteiger partial charge in [0.2, 0.25) is 10.1 Å². The number of hydrogen-bond acceptors (Lipinski definition) is 5. The topological polar surface area (TPSA) is 42.7 Å². The van der Waals surface area contributed by atoms with Crippen LogP contribution in [-0.4, -0.2) is 34.8 Å². The third kappa shape index (κ3) is 3.01. The Morgan fingerprint density at radius 2 is 1.96 bits per heavy atom. The molecular weight excluding hydrogens is 375 g/mol. The molecule has 1 aliphatic heterocycles. The number of halogens is 1. The zero-order valence-corrected chi connectivity index (χ0v) is 16.2. The average Bonchev–Trinajstić information content (AvgIpc) is 3.43. The highest BCUT2D eigenvalue weighted by Gasteiger charge is 2.28. The number of fused-ring (bicyclic) bond motifs is 1. The first-order valence-corrected chi connectivity index (χ1v) is 10.0. The standard InChI is InChI=1S/C21H19FN4OS/c1-27-19-5-3-2-4-17(19)15-10-11-25(12-15)21-24-26-13-18(23-20(26)28-21)14-6-8-16(22)9-7-14/h2-9,13,15H,10-12H2,1H3. The highest BCUT2D eigenvalue weighted by Crippen LogP contribution is 2.37. The van der Waals surface area contributed by atoms with E-state index in [4.69, 9.17) is 9.84 Å². The van der Waals surface area contributed by atoms with Crippen LogP contribution in [-0.2, 0) is 0 Å². The Bertz CT molecular complexity index is 1090. The van der Waals surface area contributed by atoms with E-state index in [0.29, 0.717) is 5.92 Å². The molecule has 2 aromatic carbocycles. The molecule has 1 saturated heterocycles. The zero-order chi connectivity index (χ0) is 19.1.